The van der Waals surface area contributed by atoms with Crippen LogP contribution in [-0.4, -0.2) is 48.3 Å². The lowest BCUT2D eigenvalue weighted by molar-refractivity contribution is -0.205. The summed E-state index contributed by atoms with van der Waals surface area (Å²) >= 11 is 0. The molecule has 184 valence electrons. The number of carbonyl (C=O) groups excluding carboxylic acids is 4. The van der Waals surface area contributed by atoms with Crippen LogP contribution in [0.5, 0.6) is 0 Å². The molecule has 0 aliphatic heterocycles. The highest BCUT2D eigenvalue weighted by Crippen LogP contribution is 2.34. The highest BCUT2D eigenvalue weighted by atomic mass is 16.6. The summed E-state index contributed by atoms with van der Waals surface area (Å²) in [6.07, 6.45) is -0.971. The van der Waals surface area contributed by atoms with Crippen LogP contribution in [0.2, 0.25) is 0 Å². The summed E-state index contributed by atoms with van der Waals surface area (Å²) in [5, 5.41) is 0. The van der Waals surface area contributed by atoms with Crippen molar-refractivity contribution in [2.45, 2.75) is 72.4 Å². The predicted octanol–water partition coefficient (Wildman–Crippen LogP) is 3.86. The van der Waals surface area contributed by atoms with Crippen LogP contribution in [0.1, 0.15) is 48.0 Å². The molecule has 0 radical (unpaired) electrons. The molecule has 4 atom stereocenters. The van der Waals surface area contributed by atoms with Gasteiger partial charge in [0.05, 0.1) is 0 Å². The third-order valence-corrected chi connectivity index (χ3v) is 4.34. The summed E-state index contributed by atoms with van der Waals surface area (Å²) in [5.41, 5.74) is -1.22. The van der Waals surface area contributed by atoms with Gasteiger partial charge in [-0.15, -0.1) is 0 Å². The third kappa shape index (κ3) is 10.8. The molecule has 0 fully saturated rings. The van der Waals surface area contributed by atoms with Crippen LogP contribution in [0.3, 0.4) is 0 Å². The summed E-state index contributed by atoms with van der Waals surface area (Å²) in [6.45, 7) is 24.5. The Balaban J connectivity index is 6.86. The summed E-state index contributed by atoms with van der Waals surface area (Å²) in [6, 6.07) is 0. The molecule has 33 heavy (non-hydrogen) atoms. The molecule has 0 aromatic carbocycles. The van der Waals surface area contributed by atoms with Crippen molar-refractivity contribution in [2.75, 3.05) is 0 Å². The molecule has 0 N–H and O–H groups in total. The van der Waals surface area contributed by atoms with E-state index >= 15 is 0 Å². The first-order valence-corrected chi connectivity index (χ1v) is 10.4. The molecule has 0 aromatic rings. The van der Waals surface area contributed by atoms with E-state index in [-0.39, 0.29) is 6.42 Å². The monoisotopic (exact) mass is 464 g/mol. The maximum absolute atomic E-state index is 12.3. The minimum Gasteiger partial charge on any atom is -0.455 e. The van der Waals surface area contributed by atoms with Crippen molar-refractivity contribution in [3.8, 4) is 0 Å². The Morgan fingerprint density at radius 3 is 1.36 bits per heavy atom. The van der Waals surface area contributed by atoms with E-state index in [1.54, 1.807) is 20.8 Å². The zero-order chi connectivity index (χ0) is 26.0. The van der Waals surface area contributed by atoms with Gasteiger partial charge < -0.3 is 18.9 Å². The average molecular weight is 465 g/mol. The maximum atomic E-state index is 12.3. The number of carbonyl (C=O) groups is 4. The van der Waals surface area contributed by atoms with Crippen LogP contribution in [0.4, 0.5) is 0 Å². The van der Waals surface area contributed by atoms with Gasteiger partial charge in [-0.25, -0.2) is 19.2 Å². The molecule has 0 aliphatic rings. The molecule has 0 bridgehead atoms. The van der Waals surface area contributed by atoms with Gasteiger partial charge in [0.25, 0.3) is 0 Å². The fourth-order valence-electron chi connectivity index (χ4n) is 2.96. The van der Waals surface area contributed by atoms with Crippen LogP contribution < -0.4 is 0 Å². The van der Waals surface area contributed by atoms with E-state index in [2.05, 4.69) is 26.3 Å². The van der Waals surface area contributed by atoms with E-state index in [1.165, 1.54) is 0 Å². The first-order valence-electron chi connectivity index (χ1n) is 10.4. The maximum Gasteiger partial charge on any atom is 0.330 e. The van der Waals surface area contributed by atoms with Crippen molar-refractivity contribution in [3.63, 3.8) is 0 Å². The van der Waals surface area contributed by atoms with E-state index in [0.29, 0.717) is 0 Å². The number of ether oxygens (including phenoxy) is 4. The van der Waals surface area contributed by atoms with Gasteiger partial charge >= 0.3 is 23.9 Å². The van der Waals surface area contributed by atoms with Gasteiger partial charge in [0.1, 0.15) is 12.2 Å². The Labute approximate surface area is 196 Å². The minimum absolute atomic E-state index is 0.204. The zero-order valence-corrected chi connectivity index (χ0v) is 20.4. The predicted molar refractivity (Wildman–Crippen MR) is 124 cm³/mol. The molecule has 0 aromatic heterocycles. The first kappa shape index (κ1) is 29.8. The lowest BCUT2D eigenvalue weighted by Gasteiger charge is -2.41. The lowest BCUT2D eigenvalue weighted by atomic mass is 9.80. The molecular formula is C25H36O8. The number of esters is 4. The number of hydrogen-bond donors (Lipinski definition) is 0. The summed E-state index contributed by atoms with van der Waals surface area (Å²) in [5.74, 6) is -3.25. The second-order valence-electron chi connectivity index (χ2n) is 9.58. The Hall–Kier alpha value is -3.16. The summed E-state index contributed by atoms with van der Waals surface area (Å²) in [4.78, 5) is 48.8. The Bertz CT molecular complexity index is 766. The van der Waals surface area contributed by atoms with Crippen LogP contribution in [0.15, 0.2) is 50.6 Å². The molecule has 8 heteroatoms. The normalized spacial score (nSPS) is 15.0. The number of rotatable bonds is 12. The molecule has 0 spiro atoms. The summed E-state index contributed by atoms with van der Waals surface area (Å²) in [7, 11) is 0. The van der Waals surface area contributed by atoms with Crippen LogP contribution in [0.25, 0.3) is 0 Å². The van der Waals surface area contributed by atoms with Crippen molar-refractivity contribution < 1.29 is 38.1 Å². The molecule has 0 saturated carbocycles. The third-order valence-electron chi connectivity index (χ3n) is 4.34. The fourth-order valence-corrected chi connectivity index (χ4v) is 2.96. The Morgan fingerprint density at radius 2 is 1.00 bits per heavy atom. The molecule has 0 amide bonds. The van der Waals surface area contributed by atoms with Crippen molar-refractivity contribution in [1.29, 1.82) is 0 Å². The second kappa shape index (κ2) is 12.8. The molecular weight excluding hydrogens is 428 g/mol. The van der Waals surface area contributed by atoms with E-state index < -0.39 is 59.1 Å². The average Bonchev–Trinajstić information content (AvgIpc) is 2.71. The van der Waals surface area contributed by atoms with Crippen molar-refractivity contribution in [3.05, 3.63) is 50.6 Å². The Kier molecular flexibility index (Phi) is 11.5. The lowest BCUT2D eigenvalue weighted by Crippen LogP contribution is -2.55. The van der Waals surface area contributed by atoms with Gasteiger partial charge in [0.15, 0.2) is 12.2 Å². The summed E-state index contributed by atoms with van der Waals surface area (Å²) < 4.78 is 22.2. The van der Waals surface area contributed by atoms with Crippen molar-refractivity contribution in [1.82, 2.24) is 0 Å². The minimum atomic E-state index is -1.37. The second-order valence-corrected chi connectivity index (χ2v) is 9.58. The molecule has 0 heterocycles. The van der Waals surface area contributed by atoms with Gasteiger partial charge in [0.2, 0.25) is 0 Å². The highest BCUT2D eigenvalue weighted by molar-refractivity contribution is 5.83. The number of hydrogen-bond acceptors (Lipinski definition) is 8. The zero-order valence-electron chi connectivity index (χ0n) is 20.4. The van der Waals surface area contributed by atoms with Crippen LogP contribution in [0, 0.1) is 10.8 Å². The van der Waals surface area contributed by atoms with Gasteiger partial charge in [-0.1, -0.05) is 67.9 Å². The molecule has 8 nitrogen and oxygen atoms in total. The smallest absolute Gasteiger partial charge is 0.330 e. The highest BCUT2D eigenvalue weighted by Gasteiger charge is 2.48. The topological polar surface area (TPSA) is 105 Å². The van der Waals surface area contributed by atoms with Crippen LogP contribution >= 0.6 is 0 Å². The molecule has 0 saturated heterocycles. The van der Waals surface area contributed by atoms with E-state index in [0.717, 1.165) is 24.3 Å². The SMILES string of the molecule is C=CC(=O)OC(CC(C)(C)C)C(OC(=O)C=C)C(OC(=O)C=C)C(OC(=O)C=C)C(C)(C)C. The van der Waals surface area contributed by atoms with Gasteiger partial charge in [-0.2, -0.15) is 0 Å². The van der Waals surface area contributed by atoms with Gasteiger partial charge in [-0.3, -0.25) is 0 Å². The van der Waals surface area contributed by atoms with Gasteiger partial charge in [0, 0.05) is 29.7 Å². The first-order chi connectivity index (χ1) is 15.1. The van der Waals surface area contributed by atoms with E-state index in [4.69, 9.17) is 18.9 Å². The standard InChI is InChI=1S/C25H36O8/c1-11-17(26)30-16(15-24(5,6)7)21(31-18(27)12-2)22(32-19(28)13-3)23(25(8,9)10)33-20(29)14-4/h11-14,16,21-23H,1-4,15H2,5-10H3. The van der Waals surface area contributed by atoms with Gasteiger partial charge in [-0.05, 0) is 11.8 Å². The largest absolute Gasteiger partial charge is 0.455 e. The quantitative estimate of drug-likeness (QED) is 0.244. The molecule has 0 rings (SSSR count). The van der Waals surface area contributed by atoms with Crippen molar-refractivity contribution in [2.24, 2.45) is 10.8 Å². The van der Waals surface area contributed by atoms with Crippen molar-refractivity contribution >= 4 is 23.9 Å². The van der Waals surface area contributed by atoms with Crippen LogP contribution in [-0.2, 0) is 38.1 Å². The molecule has 0 aliphatic carbocycles. The fraction of sp³-hybridized carbons (Fsp3) is 0.520. The van der Waals surface area contributed by atoms with E-state index in [9.17, 15) is 19.2 Å². The Morgan fingerprint density at radius 1 is 0.636 bits per heavy atom. The molecule has 4 unspecified atom stereocenters. The van der Waals surface area contributed by atoms with E-state index in [1.807, 2.05) is 20.8 Å².